The number of hydrogen-bond acceptors (Lipinski definition) is 2. The number of aromatic nitrogens is 2. The number of hydrogen-bond donors (Lipinski definition) is 1. The topological polar surface area (TPSA) is 25.1 Å². The Hall–Kier alpha value is -15.4. The Kier molecular flexibility index (Phi) is 18.9. The first-order chi connectivity index (χ1) is 60.9. The van der Waals surface area contributed by atoms with Crippen LogP contribution in [0.3, 0.4) is 0 Å². The minimum absolute atomic E-state index is 0.400. The summed E-state index contributed by atoms with van der Waals surface area (Å²) in [4.78, 5) is 2.37. The standard InChI is InChI=1S/C59H40N2.C35H23Br.C24H18N2/c1-5-18-44(19-6-1)59(45-20-7-2-8-21-45)54-37-32-42-17-13-14-26-50(42)58(54)52-36-31-43(39-55(52)59)41-29-33-48(34-30-41)60(46-22-9-3-10-23-46)49-35-38-57-53(40-49)51-27-15-16-28-56(51)61(57)47-24-11-4-12-25-47;36-29-19-15-24(16-20-29)26-17-21-31-33(23-26)35(27-10-3-1-4-11-27,28-12-5-2-6-13-28)32-22-18-25-9-7-8-14-30(25)34(31)32;1-3-9-18(10-4-1)25-19-15-16-24-22(17-19)21-13-7-8-14-23(21)26(24)20-11-5-2-6-12-20/h1-40H;1-23H;1-17,25H. The van der Waals surface area contributed by atoms with Crippen LogP contribution in [0.25, 0.3) is 121 Å². The maximum absolute atomic E-state index is 3.59. The molecule has 20 aromatic carbocycles. The highest BCUT2D eigenvalue weighted by Gasteiger charge is 2.49. The lowest BCUT2D eigenvalue weighted by Gasteiger charge is -2.34. The molecule has 580 valence electrons. The second-order valence-electron chi connectivity index (χ2n) is 31.9. The third kappa shape index (κ3) is 12.7. The first-order valence-corrected chi connectivity index (χ1v) is 43.0. The molecule has 5 heteroatoms. The van der Waals surface area contributed by atoms with E-state index in [1.54, 1.807) is 0 Å². The molecule has 2 heterocycles. The number of nitrogens with zero attached hydrogens (tertiary/aromatic N) is 3. The van der Waals surface area contributed by atoms with E-state index in [2.05, 4.69) is 502 Å². The Balaban J connectivity index is 0.000000122. The zero-order valence-electron chi connectivity index (χ0n) is 67.4. The predicted molar refractivity (Wildman–Crippen MR) is 521 cm³/mol. The van der Waals surface area contributed by atoms with Crippen molar-refractivity contribution in [3.8, 4) is 55.9 Å². The molecular weight excluding hydrogens is 1550 g/mol. The van der Waals surface area contributed by atoms with Crippen molar-refractivity contribution < 1.29 is 0 Å². The summed E-state index contributed by atoms with van der Waals surface area (Å²) < 4.78 is 5.80. The number of nitrogens with one attached hydrogen (secondary N) is 1. The summed E-state index contributed by atoms with van der Waals surface area (Å²) in [6.07, 6.45) is 0. The third-order valence-corrected chi connectivity index (χ3v) is 25.7. The van der Waals surface area contributed by atoms with Gasteiger partial charge in [0.05, 0.1) is 32.9 Å². The van der Waals surface area contributed by atoms with Gasteiger partial charge in [-0.3, -0.25) is 0 Å². The molecule has 0 saturated heterocycles. The summed E-state index contributed by atoms with van der Waals surface area (Å²) in [7, 11) is 0. The van der Waals surface area contributed by atoms with E-state index in [9.17, 15) is 0 Å². The zero-order valence-corrected chi connectivity index (χ0v) is 69.0. The maximum Gasteiger partial charge on any atom is 0.0714 e. The summed E-state index contributed by atoms with van der Waals surface area (Å²) in [6, 6.07) is 176. The van der Waals surface area contributed by atoms with Gasteiger partial charge in [0.2, 0.25) is 0 Å². The van der Waals surface area contributed by atoms with Crippen molar-refractivity contribution in [1.29, 1.82) is 0 Å². The van der Waals surface area contributed by atoms with Crippen LogP contribution in [0.1, 0.15) is 44.5 Å². The van der Waals surface area contributed by atoms with E-state index in [4.69, 9.17) is 0 Å². The number of anilines is 5. The van der Waals surface area contributed by atoms with Gasteiger partial charge in [0.1, 0.15) is 0 Å². The highest BCUT2D eigenvalue weighted by Crippen LogP contribution is 2.61. The van der Waals surface area contributed by atoms with Crippen molar-refractivity contribution in [2.75, 3.05) is 10.2 Å². The monoisotopic (exact) mass is 1630 g/mol. The molecule has 2 aromatic heterocycles. The summed E-state index contributed by atoms with van der Waals surface area (Å²) in [5, 5.41) is 13.6. The van der Waals surface area contributed by atoms with Crippen LogP contribution in [-0.2, 0) is 10.8 Å². The van der Waals surface area contributed by atoms with Crippen LogP contribution in [0.2, 0.25) is 0 Å². The molecule has 1 N–H and O–H groups in total. The second-order valence-corrected chi connectivity index (χ2v) is 32.8. The van der Waals surface area contributed by atoms with Crippen LogP contribution in [0, 0.1) is 0 Å². The Bertz CT molecular complexity index is 7590. The van der Waals surface area contributed by atoms with E-state index >= 15 is 0 Å². The fourth-order valence-electron chi connectivity index (χ4n) is 19.9. The SMILES string of the molecule is Brc1ccc(-c2ccc3c(c2)C(c2ccccc2)(c2ccccc2)c2ccc4ccccc4c2-3)cc1.c1ccc(N(c2ccc(-c3ccc4c(c3)C(c3ccccc3)(c3ccccc3)c3ccc5ccccc5c3-4)cc2)c2ccc3c(c2)c2ccccc2n3-c2ccccc2)cc1.c1ccc(Nc2ccc3c(c2)c2ccccc2n3-c2ccccc2)cc1. The van der Waals surface area contributed by atoms with Gasteiger partial charge < -0.3 is 19.4 Å². The van der Waals surface area contributed by atoms with Gasteiger partial charge in [0.15, 0.2) is 0 Å². The smallest absolute Gasteiger partial charge is 0.0714 e. The molecule has 0 bridgehead atoms. The lowest BCUT2D eigenvalue weighted by molar-refractivity contribution is 0.769. The van der Waals surface area contributed by atoms with Crippen LogP contribution in [-0.4, -0.2) is 9.13 Å². The fourth-order valence-corrected chi connectivity index (χ4v) is 20.2. The van der Waals surface area contributed by atoms with Crippen molar-refractivity contribution in [2.24, 2.45) is 0 Å². The fraction of sp³-hybridized carbons (Fsp3) is 0.0169. The molecule has 4 nitrogen and oxygen atoms in total. The average molecular weight is 1630 g/mol. The Morgan fingerprint density at radius 2 is 0.561 bits per heavy atom. The van der Waals surface area contributed by atoms with Gasteiger partial charge in [0.25, 0.3) is 0 Å². The van der Waals surface area contributed by atoms with Crippen LogP contribution in [0.5, 0.6) is 0 Å². The van der Waals surface area contributed by atoms with E-state index in [1.165, 1.54) is 160 Å². The Morgan fingerprint density at radius 3 is 1.02 bits per heavy atom. The molecular formula is C118H81BrN4. The van der Waals surface area contributed by atoms with Gasteiger partial charge in [-0.25, -0.2) is 0 Å². The Labute approximate surface area is 724 Å². The largest absolute Gasteiger partial charge is 0.356 e. The highest BCUT2D eigenvalue weighted by molar-refractivity contribution is 9.10. The van der Waals surface area contributed by atoms with E-state index in [0.717, 1.165) is 38.6 Å². The normalized spacial score (nSPS) is 12.6. The number of benzene rings is 20. The summed E-state index contributed by atoms with van der Waals surface area (Å²) in [5.74, 6) is 0. The summed E-state index contributed by atoms with van der Waals surface area (Å²) in [5.41, 5.74) is 32.4. The first-order valence-electron chi connectivity index (χ1n) is 42.2. The molecule has 0 aliphatic heterocycles. The number of fused-ring (bicyclic) bond motifs is 16. The lowest BCUT2D eigenvalue weighted by Crippen LogP contribution is -2.28. The minimum atomic E-state index is -0.487. The highest BCUT2D eigenvalue weighted by atomic mass is 79.9. The van der Waals surface area contributed by atoms with Gasteiger partial charge in [-0.2, -0.15) is 0 Å². The molecule has 0 amide bonds. The molecule has 0 radical (unpaired) electrons. The van der Waals surface area contributed by atoms with Gasteiger partial charge >= 0.3 is 0 Å². The molecule has 0 unspecified atom stereocenters. The average Bonchev–Trinajstić information content (AvgIpc) is 1.54. The lowest BCUT2D eigenvalue weighted by atomic mass is 9.67. The quantitative estimate of drug-likeness (QED) is 0.124. The van der Waals surface area contributed by atoms with Gasteiger partial charge in [0, 0.05) is 65.8 Å². The zero-order chi connectivity index (χ0) is 81.8. The van der Waals surface area contributed by atoms with Crippen LogP contribution >= 0.6 is 15.9 Å². The van der Waals surface area contributed by atoms with Crippen molar-refractivity contribution in [1.82, 2.24) is 9.13 Å². The van der Waals surface area contributed by atoms with Crippen molar-refractivity contribution in [2.45, 2.75) is 10.8 Å². The molecule has 0 atom stereocenters. The second kappa shape index (κ2) is 31.4. The van der Waals surface area contributed by atoms with Gasteiger partial charge in [-0.15, -0.1) is 0 Å². The summed E-state index contributed by atoms with van der Waals surface area (Å²) >= 11 is 3.59. The molecule has 24 rings (SSSR count). The first kappa shape index (κ1) is 73.9. The van der Waals surface area contributed by atoms with Gasteiger partial charge in [-0.05, 0) is 244 Å². The molecule has 22 aromatic rings. The van der Waals surface area contributed by atoms with Crippen molar-refractivity contribution in [3.05, 3.63) is 534 Å². The minimum Gasteiger partial charge on any atom is -0.356 e. The molecule has 2 aliphatic rings. The Morgan fingerprint density at radius 1 is 0.220 bits per heavy atom. The summed E-state index contributed by atoms with van der Waals surface area (Å²) in [6.45, 7) is 0. The van der Waals surface area contributed by atoms with E-state index in [1.807, 2.05) is 18.2 Å². The van der Waals surface area contributed by atoms with E-state index in [-0.39, 0.29) is 0 Å². The molecule has 123 heavy (non-hydrogen) atoms. The number of rotatable bonds is 13. The van der Waals surface area contributed by atoms with Crippen LogP contribution < -0.4 is 10.2 Å². The molecule has 2 aliphatic carbocycles. The molecule has 0 spiro atoms. The number of para-hydroxylation sites is 6. The van der Waals surface area contributed by atoms with Gasteiger partial charge in [-0.1, -0.05) is 368 Å². The number of halogens is 1. The van der Waals surface area contributed by atoms with E-state index < -0.39 is 10.8 Å². The predicted octanol–water partition coefficient (Wildman–Crippen LogP) is 31.6. The molecule has 0 fully saturated rings. The van der Waals surface area contributed by atoms with Crippen LogP contribution in [0.4, 0.5) is 28.4 Å². The van der Waals surface area contributed by atoms with Crippen molar-refractivity contribution >= 4 is 110 Å². The molecule has 0 saturated carbocycles. The van der Waals surface area contributed by atoms with Crippen LogP contribution in [0.15, 0.2) is 490 Å². The van der Waals surface area contributed by atoms with Crippen molar-refractivity contribution in [3.63, 3.8) is 0 Å². The maximum atomic E-state index is 3.59. The third-order valence-electron chi connectivity index (χ3n) is 25.2. The van der Waals surface area contributed by atoms with E-state index in [0.29, 0.717) is 0 Å².